The van der Waals surface area contributed by atoms with E-state index in [9.17, 15) is 4.79 Å². The van der Waals surface area contributed by atoms with Crippen molar-refractivity contribution in [1.82, 2.24) is 20.5 Å². The van der Waals surface area contributed by atoms with Crippen molar-refractivity contribution >= 4 is 33.6 Å². The predicted octanol–water partition coefficient (Wildman–Crippen LogP) is 4.98. The van der Waals surface area contributed by atoms with Crippen molar-refractivity contribution in [3.05, 3.63) is 64.6 Å². The van der Waals surface area contributed by atoms with E-state index in [1.807, 2.05) is 54.6 Å². The Morgan fingerprint density at radius 2 is 1.93 bits per heavy atom. The molecule has 0 aliphatic rings. The van der Waals surface area contributed by atoms with Crippen molar-refractivity contribution in [2.24, 2.45) is 0 Å². The Kier molecular flexibility index (Phi) is 7.06. The number of hydrogen-bond donors (Lipinski definition) is 2. The van der Waals surface area contributed by atoms with Crippen LogP contribution < -0.4 is 5.32 Å². The van der Waals surface area contributed by atoms with E-state index in [2.05, 4.69) is 43.4 Å². The first-order chi connectivity index (χ1) is 13.2. The van der Waals surface area contributed by atoms with Gasteiger partial charge in [0.1, 0.15) is 0 Å². The number of hydrogen-bond acceptors (Lipinski definition) is 4. The van der Waals surface area contributed by atoms with Crippen LogP contribution >= 0.6 is 27.7 Å². The summed E-state index contributed by atoms with van der Waals surface area (Å²) in [6, 6.07) is 17.9. The molecule has 0 spiro atoms. The second kappa shape index (κ2) is 9.71. The molecule has 1 atom stereocenters. The number of rotatable bonds is 8. The maximum absolute atomic E-state index is 12.4. The van der Waals surface area contributed by atoms with E-state index in [4.69, 9.17) is 0 Å². The minimum atomic E-state index is -0.0189. The summed E-state index contributed by atoms with van der Waals surface area (Å²) in [6.07, 6.45) is 1.91. The molecule has 0 fully saturated rings. The van der Waals surface area contributed by atoms with Gasteiger partial charge in [-0.2, -0.15) is 0 Å². The van der Waals surface area contributed by atoms with Crippen LogP contribution in [0.5, 0.6) is 0 Å². The van der Waals surface area contributed by atoms with Crippen LogP contribution in [-0.2, 0) is 4.79 Å². The molecular formula is C20H21BrN4OS. The lowest BCUT2D eigenvalue weighted by molar-refractivity contribution is -0.119. The van der Waals surface area contributed by atoms with Crippen LogP contribution in [0.15, 0.2) is 64.2 Å². The number of benzene rings is 2. The molecule has 0 saturated carbocycles. The van der Waals surface area contributed by atoms with E-state index in [0.717, 1.165) is 28.4 Å². The average Bonchev–Trinajstić information content (AvgIpc) is 3.16. The number of nitrogens with zero attached hydrogens (tertiary/aromatic N) is 2. The maximum atomic E-state index is 12.4. The predicted molar refractivity (Wildman–Crippen MR) is 112 cm³/mol. The normalized spacial score (nSPS) is 11.9. The second-order valence-corrected chi connectivity index (χ2v) is 7.85. The van der Waals surface area contributed by atoms with Gasteiger partial charge in [-0.3, -0.25) is 9.89 Å². The Morgan fingerprint density at radius 3 is 2.67 bits per heavy atom. The van der Waals surface area contributed by atoms with Crippen LogP contribution in [0.4, 0.5) is 0 Å². The van der Waals surface area contributed by atoms with Gasteiger partial charge in [0.15, 0.2) is 5.82 Å². The van der Waals surface area contributed by atoms with E-state index < -0.39 is 0 Å². The minimum Gasteiger partial charge on any atom is -0.349 e. The Balaban J connectivity index is 1.58. The third-order valence-electron chi connectivity index (χ3n) is 4.04. The first kappa shape index (κ1) is 19.6. The van der Waals surface area contributed by atoms with Crippen LogP contribution in [0, 0.1) is 0 Å². The summed E-state index contributed by atoms with van der Waals surface area (Å²) in [5.74, 6) is 0.938. The van der Waals surface area contributed by atoms with Crippen molar-refractivity contribution < 1.29 is 4.79 Å². The lowest BCUT2D eigenvalue weighted by atomic mass is 10.0. The smallest absolute Gasteiger partial charge is 0.230 e. The zero-order chi connectivity index (χ0) is 19.1. The summed E-state index contributed by atoms with van der Waals surface area (Å²) in [4.78, 5) is 16.9. The summed E-state index contributed by atoms with van der Waals surface area (Å²) in [6.45, 7) is 2.12. The minimum absolute atomic E-state index is 0.0189. The third kappa shape index (κ3) is 5.43. The Hall–Kier alpha value is -2.12. The number of nitrogens with one attached hydrogen (secondary N) is 2. The fourth-order valence-electron chi connectivity index (χ4n) is 2.75. The molecule has 3 rings (SSSR count). The monoisotopic (exact) mass is 444 g/mol. The molecule has 2 N–H and O–H groups in total. The van der Waals surface area contributed by atoms with Gasteiger partial charge in [-0.15, -0.1) is 5.10 Å². The highest BCUT2D eigenvalue weighted by Gasteiger charge is 2.15. The van der Waals surface area contributed by atoms with Crippen molar-refractivity contribution in [3.8, 4) is 11.4 Å². The number of carbonyl (C=O) groups excluding carboxylic acids is 1. The number of thioether (sulfide) groups is 1. The van der Waals surface area contributed by atoms with Gasteiger partial charge in [0.25, 0.3) is 0 Å². The number of H-pyrrole nitrogens is 1. The van der Waals surface area contributed by atoms with Gasteiger partial charge < -0.3 is 5.32 Å². The molecule has 1 amide bonds. The Bertz CT molecular complexity index is 884. The summed E-state index contributed by atoms with van der Waals surface area (Å²) >= 11 is 4.83. The number of aromatic amines is 1. The highest BCUT2D eigenvalue weighted by Crippen LogP contribution is 2.26. The molecule has 27 heavy (non-hydrogen) atoms. The molecule has 0 radical (unpaired) electrons. The van der Waals surface area contributed by atoms with Crippen LogP contribution in [-0.4, -0.2) is 26.8 Å². The number of halogens is 1. The molecule has 140 valence electrons. The molecular weight excluding hydrogens is 424 g/mol. The van der Waals surface area contributed by atoms with Crippen LogP contribution in [0.2, 0.25) is 0 Å². The first-order valence-electron chi connectivity index (χ1n) is 8.81. The van der Waals surface area contributed by atoms with Crippen molar-refractivity contribution in [1.29, 1.82) is 0 Å². The van der Waals surface area contributed by atoms with Gasteiger partial charge in [0.2, 0.25) is 11.1 Å². The Labute approximate surface area is 171 Å². The quantitative estimate of drug-likeness (QED) is 0.480. The summed E-state index contributed by atoms with van der Waals surface area (Å²) in [7, 11) is 0. The number of amides is 1. The SMILES string of the molecule is CCCC(NC(=O)CSc1n[nH]c(-c2ccccc2Br)n1)c1ccccc1. The highest BCUT2D eigenvalue weighted by molar-refractivity contribution is 9.10. The summed E-state index contributed by atoms with van der Waals surface area (Å²) < 4.78 is 0.945. The van der Waals surface area contributed by atoms with E-state index >= 15 is 0 Å². The molecule has 1 unspecified atom stereocenters. The standard InChI is InChI=1S/C20H21BrN4OS/c1-2-8-17(14-9-4-3-5-10-14)22-18(26)13-27-20-23-19(24-25-20)15-11-6-7-12-16(15)21/h3-7,9-12,17H,2,8,13H2,1H3,(H,22,26)(H,23,24,25). The van der Waals surface area contributed by atoms with Gasteiger partial charge in [0, 0.05) is 10.0 Å². The van der Waals surface area contributed by atoms with E-state index in [1.165, 1.54) is 11.8 Å². The fraction of sp³-hybridized carbons (Fsp3) is 0.250. The van der Waals surface area contributed by atoms with Crippen LogP contribution in [0.3, 0.4) is 0 Å². The molecule has 0 aliphatic heterocycles. The molecule has 3 aromatic rings. The zero-order valence-electron chi connectivity index (χ0n) is 15.0. The molecule has 5 nitrogen and oxygen atoms in total. The molecule has 7 heteroatoms. The van der Waals surface area contributed by atoms with E-state index in [0.29, 0.717) is 11.0 Å². The molecule has 0 saturated heterocycles. The van der Waals surface area contributed by atoms with Gasteiger partial charge in [-0.1, -0.05) is 89.6 Å². The third-order valence-corrected chi connectivity index (χ3v) is 5.58. The fourth-order valence-corrected chi connectivity index (χ4v) is 3.83. The highest BCUT2D eigenvalue weighted by atomic mass is 79.9. The Morgan fingerprint density at radius 1 is 1.19 bits per heavy atom. The van der Waals surface area contributed by atoms with Crippen LogP contribution in [0.25, 0.3) is 11.4 Å². The molecule has 0 aliphatic carbocycles. The van der Waals surface area contributed by atoms with Crippen LogP contribution in [0.1, 0.15) is 31.4 Å². The first-order valence-corrected chi connectivity index (χ1v) is 10.6. The van der Waals surface area contributed by atoms with Crippen molar-refractivity contribution in [2.45, 2.75) is 31.0 Å². The van der Waals surface area contributed by atoms with Gasteiger partial charge in [-0.05, 0) is 18.1 Å². The summed E-state index contributed by atoms with van der Waals surface area (Å²) in [5, 5.41) is 10.8. The zero-order valence-corrected chi connectivity index (χ0v) is 17.4. The van der Waals surface area contributed by atoms with Gasteiger partial charge in [0.05, 0.1) is 11.8 Å². The molecule has 1 aromatic heterocycles. The number of aromatic nitrogens is 3. The van der Waals surface area contributed by atoms with Crippen molar-refractivity contribution in [3.63, 3.8) is 0 Å². The summed E-state index contributed by atoms with van der Waals surface area (Å²) in [5.41, 5.74) is 2.07. The second-order valence-electron chi connectivity index (χ2n) is 6.05. The van der Waals surface area contributed by atoms with Gasteiger partial charge in [-0.25, -0.2) is 4.98 Å². The molecule has 1 heterocycles. The molecule has 2 aromatic carbocycles. The maximum Gasteiger partial charge on any atom is 0.230 e. The van der Waals surface area contributed by atoms with Crippen molar-refractivity contribution in [2.75, 3.05) is 5.75 Å². The lowest BCUT2D eigenvalue weighted by Gasteiger charge is -2.18. The van der Waals surface area contributed by atoms with E-state index in [1.54, 1.807) is 0 Å². The largest absolute Gasteiger partial charge is 0.349 e. The lowest BCUT2D eigenvalue weighted by Crippen LogP contribution is -2.29. The average molecular weight is 445 g/mol. The number of carbonyl (C=O) groups is 1. The topological polar surface area (TPSA) is 70.7 Å². The van der Waals surface area contributed by atoms with Gasteiger partial charge >= 0.3 is 0 Å². The van der Waals surface area contributed by atoms with E-state index in [-0.39, 0.29) is 17.7 Å². The molecule has 0 bridgehead atoms.